The van der Waals surface area contributed by atoms with Crippen LogP contribution in [0.15, 0.2) is 91.0 Å². The topological polar surface area (TPSA) is 20.1 Å². The minimum absolute atomic E-state index is 0.0525. The summed E-state index contributed by atoms with van der Waals surface area (Å²) in [6.07, 6.45) is 0. The van der Waals surface area contributed by atoms with Gasteiger partial charge in [-0.3, -0.25) is 4.79 Å². The van der Waals surface area contributed by atoms with Gasteiger partial charge in [0, 0.05) is 5.56 Å². The van der Waals surface area contributed by atoms with Crippen molar-refractivity contribution in [2.24, 2.45) is 0 Å². The molecule has 0 unspecified atom stereocenters. The predicted octanol–water partition coefficient (Wildman–Crippen LogP) is 4.98. The molecular formula is C21H16ClNO. The fourth-order valence-electron chi connectivity index (χ4n) is 3.23. The van der Waals surface area contributed by atoms with Gasteiger partial charge in [-0.05, 0) is 23.3 Å². The number of alkyl halides is 1. The van der Waals surface area contributed by atoms with Crippen LogP contribution in [0, 0.1) is 0 Å². The molecule has 24 heavy (non-hydrogen) atoms. The van der Waals surface area contributed by atoms with Crippen LogP contribution >= 0.6 is 11.6 Å². The quantitative estimate of drug-likeness (QED) is 0.376. The number of benzene rings is 3. The van der Waals surface area contributed by atoms with Gasteiger partial charge >= 0.3 is 0 Å². The molecule has 1 aliphatic heterocycles. The second-order valence-corrected chi connectivity index (χ2v) is 6.47. The Balaban J connectivity index is 1.78. The van der Waals surface area contributed by atoms with Crippen molar-refractivity contribution in [1.82, 2.24) is 4.90 Å². The highest BCUT2D eigenvalue weighted by molar-refractivity contribution is 6.28. The van der Waals surface area contributed by atoms with Crippen LogP contribution in [0.25, 0.3) is 0 Å². The Hall–Kier alpha value is -2.58. The summed E-state index contributed by atoms with van der Waals surface area (Å²) in [7, 11) is 0. The molecule has 0 saturated carbocycles. The number of halogens is 1. The van der Waals surface area contributed by atoms with Crippen LogP contribution in [0.1, 0.15) is 27.5 Å². The Morgan fingerprint density at radius 2 is 1.29 bits per heavy atom. The van der Waals surface area contributed by atoms with E-state index in [1.54, 1.807) is 4.90 Å². The van der Waals surface area contributed by atoms with Crippen LogP contribution in [-0.4, -0.2) is 10.8 Å². The van der Waals surface area contributed by atoms with Crippen LogP contribution in [0.4, 0.5) is 0 Å². The standard InChI is InChI=1S/C21H16ClNO/c22-21(18-14-8-3-9-15-18)19(16-10-4-1-5-11-16)23(21)20(24)17-12-6-2-7-13-17/h1-15,19H/t19-,21+,23?/m1/s1. The van der Waals surface area contributed by atoms with E-state index in [0.29, 0.717) is 5.56 Å². The minimum atomic E-state index is -0.838. The number of nitrogens with zero attached hydrogens (tertiary/aromatic N) is 1. The number of hydrogen-bond acceptors (Lipinski definition) is 1. The van der Waals surface area contributed by atoms with Gasteiger partial charge in [0.2, 0.25) is 0 Å². The van der Waals surface area contributed by atoms with E-state index in [0.717, 1.165) is 11.1 Å². The van der Waals surface area contributed by atoms with E-state index < -0.39 is 5.00 Å². The third kappa shape index (κ3) is 2.31. The van der Waals surface area contributed by atoms with Crippen LogP contribution in [0.3, 0.4) is 0 Å². The van der Waals surface area contributed by atoms with Crippen LogP contribution < -0.4 is 0 Å². The summed E-state index contributed by atoms with van der Waals surface area (Å²) in [6.45, 7) is 0. The van der Waals surface area contributed by atoms with Gasteiger partial charge in [-0.15, -0.1) is 0 Å². The Labute approximate surface area is 146 Å². The largest absolute Gasteiger partial charge is 0.302 e. The molecule has 0 aromatic heterocycles. The van der Waals surface area contributed by atoms with Crippen LogP contribution in [-0.2, 0) is 5.00 Å². The molecule has 3 aromatic carbocycles. The molecule has 0 bridgehead atoms. The molecule has 1 aliphatic rings. The molecule has 3 heteroatoms. The molecule has 2 nitrogen and oxygen atoms in total. The van der Waals surface area contributed by atoms with Gasteiger partial charge < -0.3 is 4.90 Å². The summed E-state index contributed by atoms with van der Waals surface area (Å²) in [6, 6.07) is 28.9. The van der Waals surface area contributed by atoms with Crippen LogP contribution in [0.2, 0.25) is 0 Å². The molecule has 1 saturated heterocycles. The van der Waals surface area contributed by atoms with E-state index in [4.69, 9.17) is 11.6 Å². The Bertz CT molecular complexity index is 851. The van der Waals surface area contributed by atoms with Crippen molar-refractivity contribution in [3.8, 4) is 0 Å². The lowest BCUT2D eigenvalue weighted by molar-refractivity contribution is 0.0858. The smallest absolute Gasteiger partial charge is 0.256 e. The summed E-state index contributed by atoms with van der Waals surface area (Å²) in [5.74, 6) is -0.0525. The van der Waals surface area contributed by atoms with Gasteiger partial charge in [0.25, 0.3) is 5.91 Å². The van der Waals surface area contributed by atoms with E-state index in [-0.39, 0.29) is 11.9 Å². The SMILES string of the molecule is O=C(c1ccccc1)N1[C@H](c2ccccc2)[C@]1(Cl)c1ccccc1. The van der Waals surface area contributed by atoms with Crippen molar-refractivity contribution in [2.45, 2.75) is 11.0 Å². The van der Waals surface area contributed by atoms with Crippen molar-refractivity contribution in [3.63, 3.8) is 0 Å². The summed E-state index contributed by atoms with van der Waals surface area (Å²) in [5.41, 5.74) is 2.63. The number of carbonyl (C=O) groups is 1. The van der Waals surface area contributed by atoms with Crippen molar-refractivity contribution in [1.29, 1.82) is 0 Å². The maximum absolute atomic E-state index is 13.0. The molecule has 1 amide bonds. The fraction of sp³-hybridized carbons (Fsp3) is 0.0952. The van der Waals surface area contributed by atoms with Gasteiger partial charge in [0.1, 0.15) is 6.04 Å². The first kappa shape index (κ1) is 15.0. The Morgan fingerprint density at radius 3 is 1.88 bits per heavy atom. The Kier molecular flexibility index (Phi) is 3.62. The lowest BCUT2D eigenvalue weighted by Gasteiger charge is -2.10. The minimum Gasteiger partial charge on any atom is -0.302 e. The van der Waals surface area contributed by atoms with Gasteiger partial charge in [0.05, 0.1) is 0 Å². The summed E-state index contributed by atoms with van der Waals surface area (Å²) < 4.78 is 0. The van der Waals surface area contributed by atoms with Crippen molar-refractivity contribution < 1.29 is 4.79 Å². The lowest BCUT2D eigenvalue weighted by atomic mass is 10.0. The first-order valence-electron chi connectivity index (χ1n) is 7.91. The molecule has 0 spiro atoms. The highest BCUT2D eigenvalue weighted by atomic mass is 35.5. The van der Waals surface area contributed by atoms with Crippen molar-refractivity contribution in [2.75, 3.05) is 0 Å². The zero-order chi connectivity index (χ0) is 16.6. The van der Waals surface area contributed by atoms with E-state index in [1.165, 1.54) is 0 Å². The zero-order valence-corrected chi connectivity index (χ0v) is 13.7. The number of carbonyl (C=O) groups excluding carboxylic acids is 1. The summed E-state index contributed by atoms with van der Waals surface area (Å²) in [4.78, 5) is 13.9. The van der Waals surface area contributed by atoms with E-state index in [1.807, 2.05) is 91.0 Å². The van der Waals surface area contributed by atoms with Gasteiger partial charge in [-0.1, -0.05) is 90.5 Å². The average Bonchev–Trinajstić information content (AvgIpc) is 3.30. The highest BCUT2D eigenvalue weighted by Crippen LogP contribution is 2.63. The molecule has 1 heterocycles. The molecular weight excluding hydrogens is 318 g/mol. The normalized spacial score (nSPS) is 22.2. The number of rotatable bonds is 3. The fourth-order valence-corrected chi connectivity index (χ4v) is 3.70. The predicted molar refractivity (Wildman–Crippen MR) is 95.8 cm³/mol. The number of amides is 1. The average molecular weight is 334 g/mol. The molecule has 0 aliphatic carbocycles. The van der Waals surface area contributed by atoms with E-state index >= 15 is 0 Å². The molecule has 1 fully saturated rings. The van der Waals surface area contributed by atoms with Gasteiger partial charge in [-0.2, -0.15) is 0 Å². The summed E-state index contributed by atoms with van der Waals surface area (Å²) in [5, 5.41) is 0. The maximum atomic E-state index is 13.0. The van der Waals surface area contributed by atoms with Gasteiger partial charge in [-0.25, -0.2) is 0 Å². The second kappa shape index (κ2) is 5.81. The molecule has 2 atom stereocenters. The third-order valence-electron chi connectivity index (χ3n) is 4.44. The third-order valence-corrected chi connectivity index (χ3v) is 5.04. The molecule has 4 rings (SSSR count). The van der Waals surface area contributed by atoms with E-state index in [2.05, 4.69) is 0 Å². The van der Waals surface area contributed by atoms with Crippen LogP contribution in [0.5, 0.6) is 0 Å². The summed E-state index contributed by atoms with van der Waals surface area (Å²) >= 11 is 6.99. The molecule has 118 valence electrons. The van der Waals surface area contributed by atoms with Crippen molar-refractivity contribution >= 4 is 17.5 Å². The van der Waals surface area contributed by atoms with Crippen molar-refractivity contribution in [3.05, 3.63) is 108 Å². The first-order chi connectivity index (χ1) is 11.7. The Morgan fingerprint density at radius 1 is 0.792 bits per heavy atom. The maximum Gasteiger partial charge on any atom is 0.256 e. The zero-order valence-electron chi connectivity index (χ0n) is 13.0. The molecule has 0 radical (unpaired) electrons. The first-order valence-corrected chi connectivity index (χ1v) is 8.29. The number of hydrogen-bond donors (Lipinski definition) is 0. The second-order valence-electron chi connectivity index (χ2n) is 5.89. The van der Waals surface area contributed by atoms with E-state index in [9.17, 15) is 4.79 Å². The molecule has 0 N–H and O–H groups in total. The lowest BCUT2D eigenvalue weighted by Crippen LogP contribution is -2.17. The molecule has 3 aromatic rings. The van der Waals surface area contributed by atoms with Gasteiger partial charge in [0.15, 0.2) is 5.00 Å². The highest BCUT2D eigenvalue weighted by Gasteiger charge is 2.66. The monoisotopic (exact) mass is 333 g/mol.